The Labute approximate surface area is 232 Å². The number of anilines is 1. The minimum atomic E-state index is -0.643. The normalized spacial score (nSPS) is 34.4. The van der Waals surface area contributed by atoms with Crippen molar-refractivity contribution in [1.29, 1.82) is 0 Å². The lowest BCUT2D eigenvalue weighted by Gasteiger charge is -2.55. The van der Waals surface area contributed by atoms with Gasteiger partial charge in [-0.3, -0.25) is 9.59 Å². The summed E-state index contributed by atoms with van der Waals surface area (Å²) < 4.78 is 6.35. The first-order valence-electron chi connectivity index (χ1n) is 15.5. The third-order valence-electron chi connectivity index (χ3n) is 10.4. The number of nitrogens with zero attached hydrogens (tertiary/aromatic N) is 1. The summed E-state index contributed by atoms with van der Waals surface area (Å²) in [4.78, 5) is 42.3. The molecule has 1 aromatic rings. The van der Waals surface area contributed by atoms with E-state index in [9.17, 15) is 14.4 Å². The number of carbonyl (C=O) groups excluding carboxylic acids is 3. The van der Waals surface area contributed by atoms with Crippen LogP contribution in [0.5, 0.6) is 0 Å². The molecule has 6 fully saturated rings. The van der Waals surface area contributed by atoms with Gasteiger partial charge in [-0.15, -0.1) is 0 Å². The number of urea groups is 1. The first-order chi connectivity index (χ1) is 18.9. The second kappa shape index (κ2) is 11.1. The molecule has 1 aromatic carbocycles. The van der Waals surface area contributed by atoms with Crippen LogP contribution in [0, 0.1) is 30.6 Å². The van der Waals surface area contributed by atoms with Gasteiger partial charge in [0.1, 0.15) is 18.2 Å². The molecule has 2 atom stereocenters. The van der Waals surface area contributed by atoms with E-state index in [1.807, 2.05) is 36.1 Å². The van der Waals surface area contributed by atoms with Gasteiger partial charge < -0.3 is 20.3 Å². The van der Waals surface area contributed by atoms with Crippen molar-refractivity contribution >= 4 is 23.6 Å². The van der Waals surface area contributed by atoms with Crippen molar-refractivity contribution in [3.63, 3.8) is 0 Å². The summed E-state index contributed by atoms with van der Waals surface area (Å²) in [5, 5.41) is 5.81. The molecule has 0 spiro atoms. The van der Waals surface area contributed by atoms with Crippen LogP contribution in [0.3, 0.4) is 0 Å². The lowest BCUT2D eigenvalue weighted by molar-refractivity contribution is -0.189. The topological polar surface area (TPSA) is 87.7 Å². The largest absolute Gasteiger partial charge is 0.458 e. The SMILES string of the molecule is Cc1cccc(NC(=O)NC2CCCC(C3CCCCC3)N(CC(=O)OC34CC5CC(CC(C5)C3)C4)C2=O)c1. The first kappa shape index (κ1) is 26.6. The summed E-state index contributed by atoms with van der Waals surface area (Å²) >= 11 is 0. The van der Waals surface area contributed by atoms with Crippen LogP contribution in [0.1, 0.15) is 95.5 Å². The molecule has 1 saturated heterocycles. The van der Waals surface area contributed by atoms with Gasteiger partial charge in [0.05, 0.1) is 0 Å². The molecule has 7 nitrogen and oxygen atoms in total. The number of hydrogen-bond acceptors (Lipinski definition) is 4. The molecule has 39 heavy (non-hydrogen) atoms. The standard InChI is InChI=1S/C32H45N3O4/c1-21-7-5-10-26(13-21)33-31(38)34-27-11-6-12-28(25-8-3-2-4-9-25)35(30(27)37)20-29(36)39-32-17-22-14-23(18-32)16-24(15-22)19-32/h5,7,10,13,22-25,27-28H,2-4,6,8-9,11-12,14-20H2,1H3,(H2,33,34,38). The first-order valence-corrected chi connectivity index (χ1v) is 15.5. The van der Waals surface area contributed by atoms with Gasteiger partial charge in [-0.2, -0.15) is 0 Å². The quantitative estimate of drug-likeness (QED) is 0.440. The Morgan fingerprint density at radius 3 is 2.31 bits per heavy atom. The van der Waals surface area contributed by atoms with E-state index in [1.54, 1.807) is 0 Å². The summed E-state index contributed by atoms with van der Waals surface area (Å²) in [6.45, 7) is 1.98. The van der Waals surface area contributed by atoms with Crippen molar-refractivity contribution in [2.24, 2.45) is 23.7 Å². The predicted molar refractivity (Wildman–Crippen MR) is 150 cm³/mol. The van der Waals surface area contributed by atoms with Crippen molar-refractivity contribution in [1.82, 2.24) is 10.2 Å². The van der Waals surface area contributed by atoms with Gasteiger partial charge in [0.15, 0.2) is 0 Å². The highest BCUT2D eigenvalue weighted by Crippen LogP contribution is 2.57. The molecule has 2 unspecified atom stereocenters. The third kappa shape index (κ3) is 5.97. The third-order valence-corrected chi connectivity index (χ3v) is 10.4. The Morgan fingerprint density at radius 1 is 0.949 bits per heavy atom. The molecule has 212 valence electrons. The number of ether oxygens (including phenoxy) is 1. The second-order valence-electron chi connectivity index (χ2n) is 13.5. The number of nitrogens with one attached hydrogen (secondary N) is 2. The van der Waals surface area contributed by atoms with Crippen LogP contribution in [-0.4, -0.2) is 47.0 Å². The van der Waals surface area contributed by atoms with Crippen LogP contribution in [0.4, 0.5) is 10.5 Å². The Balaban J connectivity index is 1.16. The fourth-order valence-corrected chi connectivity index (χ4v) is 9.13. The maximum Gasteiger partial charge on any atom is 0.326 e. The number of aryl methyl sites for hydroxylation is 1. The molecule has 1 aliphatic heterocycles. The fourth-order valence-electron chi connectivity index (χ4n) is 9.13. The van der Waals surface area contributed by atoms with E-state index < -0.39 is 6.04 Å². The molecule has 0 aromatic heterocycles. The number of carbonyl (C=O) groups is 3. The molecular formula is C32H45N3O4. The van der Waals surface area contributed by atoms with E-state index in [1.165, 1.54) is 38.5 Å². The van der Waals surface area contributed by atoms with Crippen LogP contribution < -0.4 is 10.6 Å². The summed E-state index contributed by atoms with van der Waals surface area (Å²) in [5.41, 5.74) is 1.44. The molecule has 6 aliphatic rings. The average molecular weight is 536 g/mol. The fraction of sp³-hybridized carbons (Fsp3) is 0.719. The van der Waals surface area contributed by atoms with Crippen molar-refractivity contribution in [3.05, 3.63) is 29.8 Å². The lowest BCUT2D eigenvalue weighted by atomic mass is 9.54. The highest BCUT2D eigenvalue weighted by atomic mass is 16.6. The number of amides is 3. The van der Waals surface area contributed by atoms with Crippen LogP contribution in [-0.2, 0) is 14.3 Å². The number of hydrogen-bond donors (Lipinski definition) is 2. The Bertz CT molecular complexity index is 1050. The maximum absolute atomic E-state index is 14.0. The monoisotopic (exact) mass is 535 g/mol. The molecule has 3 amide bonds. The van der Waals surface area contributed by atoms with Gasteiger partial charge in [0.25, 0.3) is 0 Å². The van der Waals surface area contributed by atoms with E-state index in [4.69, 9.17) is 4.74 Å². The average Bonchev–Trinajstić information content (AvgIpc) is 3.02. The van der Waals surface area contributed by atoms with Gasteiger partial charge in [-0.1, -0.05) is 31.4 Å². The molecule has 0 radical (unpaired) electrons. The van der Waals surface area contributed by atoms with Gasteiger partial charge in [-0.25, -0.2) is 4.79 Å². The number of likely N-dealkylation sites (tertiary alicyclic amines) is 1. The predicted octanol–water partition coefficient (Wildman–Crippen LogP) is 5.96. The second-order valence-corrected chi connectivity index (χ2v) is 13.5. The van der Waals surface area contributed by atoms with Crippen molar-refractivity contribution in [2.45, 2.75) is 114 Å². The van der Waals surface area contributed by atoms with Gasteiger partial charge in [-0.05, 0) is 119 Å². The Hall–Kier alpha value is -2.57. The summed E-state index contributed by atoms with van der Waals surface area (Å²) in [6, 6.07) is 6.63. The van der Waals surface area contributed by atoms with Crippen molar-refractivity contribution in [2.75, 3.05) is 11.9 Å². The maximum atomic E-state index is 14.0. The van der Waals surface area contributed by atoms with E-state index in [2.05, 4.69) is 10.6 Å². The molecule has 7 heteroatoms. The smallest absolute Gasteiger partial charge is 0.326 e. The van der Waals surface area contributed by atoms with E-state index in [0.29, 0.717) is 35.8 Å². The molecular weight excluding hydrogens is 490 g/mol. The minimum Gasteiger partial charge on any atom is -0.458 e. The molecule has 4 bridgehead atoms. The van der Waals surface area contributed by atoms with Gasteiger partial charge >= 0.3 is 12.0 Å². The van der Waals surface area contributed by atoms with E-state index in [0.717, 1.165) is 50.5 Å². The van der Waals surface area contributed by atoms with Gasteiger partial charge in [0.2, 0.25) is 5.91 Å². The van der Waals surface area contributed by atoms with Crippen LogP contribution in [0.2, 0.25) is 0 Å². The van der Waals surface area contributed by atoms with Crippen LogP contribution in [0.25, 0.3) is 0 Å². The zero-order valence-electron chi connectivity index (χ0n) is 23.5. The van der Waals surface area contributed by atoms with E-state index in [-0.39, 0.29) is 36.1 Å². The molecule has 5 aliphatic carbocycles. The van der Waals surface area contributed by atoms with Crippen LogP contribution >= 0.6 is 0 Å². The Kier molecular flexibility index (Phi) is 7.60. The van der Waals surface area contributed by atoms with Crippen molar-refractivity contribution in [3.8, 4) is 0 Å². The van der Waals surface area contributed by atoms with Gasteiger partial charge in [0, 0.05) is 11.7 Å². The highest BCUT2D eigenvalue weighted by Gasteiger charge is 2.53. The number of benzene rings is 1. The van der Waals surface area contributed by atoms with Crippen LogP contribution in [0.15, 0.2) is 24.3 Å². The summed E-state index contributed by atoms with van der Waals surface area (Å²) in [6.07, 6.45) is 15.0. The summed E-state index contributed by atoms with van der Waals surface area (Å²) in [7, 11) is 0. The minimum absolute atomic E-state index is 0.000566. The highest BCUT2D eigenvalue weighted by molar-refractivity contribution is 5.94. The summed E-state index contributed by atoms with van der Waals surface area (Å²) in [5.74, 6) is 2.11. The Morgan fingerprint density at radius 2 is 1.64 bits per heavy atom. The number of rotatable bonds is 6. The molecule has 1 heterocycles. The number of esters is 1. The zero-order chi connectivity index (χ0) is 27.0. The molecule has 2 N–H and O–H groups in total. The van der Waals surface area contributed by atoms with Crippen molar-refractivity contribution < 1.29 is 19.1 Å². The molecule has 5 saturated carbocycles. The van der Waals surface area contributed by atoms with E-state index >= 15 is 0 Å². The molecule has 7 rings (SSSR count). The lowest BCUT2D eigenvalue weighted by Crippen LogP contribution is -2.56. The zero-order valence-corrected chi connectivity index (χ0v) is 23.5.